The molecule has 4 nitrogen and oxygen atoms in total. The average Bonchev–Trinajstić information content (AvgIpc) is 3.01. The third-order valence-corrected chi connectivity index (χ3v) is 5.05. The summed E-state index contributed by atoms with van der Waals surface area (Å²) in [7, 11) is 1.80. The molecule has 23 heavy (non-hydrogen) atoms. The lowest BCUT2D eigenvalue weighted by Gasteiger charge is -2.20. The van der Waals surface area contributed by atoms with Gasteiger partial charge in [-0.3, -0.25) is 4.99 Å². The number of guanidine groups is 1. The van der Waals surface area contributed by atoms with Gasteiger partial charge in [-0.1, -0.05) is 18.6 Å². The van der Waals surface area contributed by atoms with Crippen molar-refractivity contribution in [2.75, 3.05) is 19.0 Å². The van der Waals surface area contributed by atoms with Crippen LogP contribution >= 0.6 is 24.0 Å². The molecule has 0 radical (unpaired) electrons. The van der Waals surface area contributed by atoms with Crippen LogP contribution in [-0.4, -0.2) is 25.7 Å². The fourth-order valence-corrected chi connectivity index (χ4v) is 3.81. The van der Waals surface area contributed by atoms with E-state index in [4.69, 9.17) is 10.5 Å². The Labute approximate surface area is 156 Å². The van der Waals surface area contributed by atoms with Crippen LogP contribution in [0, 0.1) is 5.92 Å². The van der Waals surface area contributed by atoms with Crippen molar-refractivity contribution in [3.05, 3.63) is 29.3 Å². The van der Waals surface area contributed by atoms with Gasteiger partial charge in [0.1, 0.15) is 0 Å². The second kappa shape index (κ2) is 8.87. The summed E-state index contributed by atoms with van der Waals surface area (Å²) in [6.07, 6.45) is 8.80. The molecule has 3 N–H and O–H groups in total. The van der Waals surface area contributed by atoms with Crippen molar-refractivity contribution >= 4 is 35.6 Å². The van der Waals surface area contributed by atoms with Crippen molar-refractivity contribution in [3.63, 3.8) is 0 Å². The lowest BCUT2D eigenvalue weighted by atomic mass is 9.90. The van der Waals surface area contributed by atoms with E-state index in [9.17, 15) is 0 Å². The molecule has 0 aliphatic heterocycles. The highest BCUT2D eigenvalue weighted by Gasteiger charge is 2.26. The van der Waals surface area contributed by atoms with Gasteiger partial charge < -0.3 is 15.8 Å². The van der Waals surface area contributed by atoms with Gasteiger partial charge in [0.05, 0.1) is 6.10 Å². The molecule has 2 atom stereocenters. The first kappa shape index (κ1) is 18.5. The van der Waals surface area contributed by atoms with Crippen LogP contribution in [-0.2, 0) is 17.6 Å². The minimum Gasteiger partial charge on any atom is -0.381 e. The van der Waals surface area contributed by atoms with Gasteiger partial charge in [0, 0.05) is 25.3 Å². The topological polar surface area (TPSA) is 59.6 Å². The molecular weight excluding hydrogens is 401 g/mol. The van der Waals surface area contributed by atoms with E-state index in [2.05, 4.69) is 28.5 Å². The Morgan fingerprint density at radius 2 is 2.09 bits per heavy atom. The zero-order valence-electron chi connectivity index (χ0n) is 13.9. The number of rotatable bonds is 4. The lowest BCUT2D eigenvalue weighted by Crippen LogP contribution is -2.26. The average molecular weight is 429 g/mol. The molecule has 5 heteroatoms. The zero-order chi connectivity index (χ0) is 15.4. The number of aryl methyl sites for hydroxylation is 1. The van der Waals surface area contributed by atoms with Crippen LogP contribution in [0.5, 0.6) is 0 Å². The Bertz CT molecular complexity index is 547. The summed E-state index contributed by atoms with van der Waals surface area (Å²) < 4.78 is 5.52. The number of fused-ring (bicyclic) bond motifs is 1. The van der Waals surface area contributed by atoms with Gasteiger partial charge in [-0.15, -0.1) is 24.0 Å². The van der Waals surface area contributed by atoms with Crippen LogP contribution in [0.1, 0.15) is 43.2 Å². The minimum atomic E-state index is 0. The van der Waals surface area contributed by atoms with Crippen LogP contribution in [0.15, 0.2) is 23.2 Å². The van der Waals surface area contributed by atoms with Crippen molar-refractivity contribution < 1.29 is 4.74 Å². The maximum atomic E-state index is 6.10. The first-order valence-electron chi connectivity index (χ1n) is 8.48. The van der Waals surface area contributed by atoms with Crippen molar-refractivity contribution in [3.8, 4) is 0 Å². The third-order valence-electron chi connectivity index (χ3n) is 5.05. The Balaban J connectivity index is 0.00000192. The van der Waals surface area contributed by atoms with Crippen LogP contribution in [0.25, 0.3) is 0 Å². The molecule has 2 unspecified atom stereocenters. The first-order valence-corrected chi connectivity index (χ1v) is 8.48. The van der Waals surface area contributed by atoms with E-state index in [0.717, 1.165) is 25.1 Å². The van der Waals surface area contributed by atoms with E-state index >= 15 is 0 Å². The molecule has 0 heterocycles. The van der Waals surface area contributed by atoms with Crippen LogP contribution in [0.4, 0.5) is 5.69 Å². The quantitative estimate of drug-likeness (QED) is 0.436. The lowest BCUT2D eigenvalue weighted by molar-refractivity contribution is 0.0743. The van der Waals surface area contributed by atoms with Gasteiger partial charge in [0.25, 0.3) is 0 Å². The highest BCUT2D eigenvalue weighted by atomic mass is 127. The fourth-order valence-electron chi connectivity index (χ4n) is 3.81. The number of nitrogens with one attached hydrogen (secondary N) is 1. The van der Waals surface area contributed by atoms with Gasteiger partial charge in [0.2, 0.25) is 0 Å². The van der Waals surface area contributed by atoms with Gasteiger partial charge in [-0.2, -0.15) is 0 Å². The second-order valence-electron chi connectivity index (χ2n) is 6.47. The summed E-state index contributed by atoms with van der Waals surface area (Å²) in [6, 6.07) is 6.45. The van der Waals surface area contributed by atoms with E-state index in [-0.39, 0.29) is 24.0 Å². The standard InChI is InChI=1S/C18H27N3O.HI/c1-22-17-11-5-8-14(17)12-20-18(19)21-16-10-4-7-13-6-2-3-9-15(13)16;/h4,7,10,14,17H,2-3,5-6,8-9,11-12H2,1H3,(H3,19,20,21);1H. The number of hydrogen-bond acceptors (Lipinski definition) is 2. The van der Waals surface area contributed by atoms with Gasteiger partial charge in [0.15, 0.2) is 5.96 Å². The van der Waals surface area contributed by atoms with E-state index in [1.807, 2.05) is 0 Å². The van der Waals surface area contributed by atoms with Crippen molar-refractivity contribution in [1.29, 1.82) is 0 Å². The largest absolute Gasteiger partial charge is 0.381 e. The second-order valence-corrected chi connectivity index (χ2v) is 6.47. The summed E-state index contributed by atoms with van der Waals surface area (Å²) in [5.74, 6) is 1.04. The van der Waals surface area contributed by atoms with Gasteiger partial charge in [-0.05, 0) is 55.7 Å². The molecule has 1 saturated carbocycles. The zero-order valence-corrected chi connectivity index (χ0v) is 16.2. The molecule has 0 spiro atoms. The summed E-state index contributed by atoms with van der Waals surface area (Å²) >= 11 is 0. The fraction of sp³-hybridized carbons (Fsp3) is 0.611. The number of nitrogens with zero attached hydrogens (tertiary/aromatic N) is 1. The summed E-state index contributed by atoms with van der Waals surface area (Å²) in [5.41, 5.74) is 10.1. The van der Waals surface area contributed by atoms with E-state index < -0.39 is 0 Å². The van der Waals surface area contributed by atoms with E-state index in [1.54, 1.807) is 7.11 Å². The number of halogens is 1. The van der Waals surface area contributed by atoms with E-state index in [1.165, 1.54) is 43.2 Å². The normalized spacial score (nSPS) is 24.0. The molecule has 0 bridgehead atoms. The first-order chi connectivity index (χ1) is 10.8. The van der Waals surface area contributed by atoms with Crippen LogP contribution in [0.2, 0.25) is 0 Å². The molecule has 0 saturated heterocycles. The monoisotopic (exact) mass is 429 g/mol. The molecule has 1 aromatic carbocycles. The SMILES string of the molecule is COC1CCCC1CN=C(N)Nc1cccc2c1CCCC2.I. The molecule has 3 rings (SSSR count). The molecule has 128 valence electrons. The molecule has 0 aromatic heterocycles. The third kappa shape index (κ3) is 4.59. The molecular formula is C18H28IN3O. The van der Waals surface area contributed by atoms with Crippen LogP contribution < -0.4 is 11.1 Å². The predicted molar refractivity (Wildman–Crippen MR) is 107 cm³/mol. The van der Waals surface area contributed by atoms with Crippen LogP contribution in [0.3, 0.4) is 0 Å². The molecule has 1 fully saturated rings. The Morgan fingerprint density at radius 1 is 1.26 bits per heavy atom. The highest BCUT2D eigenvalue weighted by Crippen LogP contribution is 2.29. The number of methoxy groups -OCH3 is 1. The highest BCUT2D eigenvalue weighted by molar-refractivity contribution is 14.0. The number of anilines is 1. The number of benzene rings is 1. The van der Waals surface area contributed by atoms with Crippen molar-refractivity contribution in [1.82, 2.24) is 0 Å². The maximum Gasteiger partial charge on any atom is 0.193 e. The van der Waals surface area contributed by atoms with Gasteiger partial charge >= 0.3 is 0 Å². The molecule has 0 amide bonds. The Morgan fingerprint density at radius 3 is 2.91 bits per heavy atom. The van der Waals surface area contributed by atoms with E-state index in [0.29, 0.717) is 18.0 Å². The molecule has 1 aromatic rings. The molecule has 2 aliphatic carbocycles. The smallest absolute Gasteiger partial charge is 0.193 e. The Kier molecular flexibility index (Phi) is 7.14. The number of aliphatic imine (C=N–C) groups is 1. The number of hydrogen-bond donors (Lipinski definition) is 2. The molecule has 2 aliphatic rings. The Hall–Kier alpha value is -0.820. The predicted octanol–water partition coefficient (Wildman–Crippen LogP) is 3.73. The summed E-state index contributed by atoms with van der Waals surface area (Å²) in [5, 5.41) is 3.31. The number of nitrogens with two attached hydrogens (primary N) is 1. The van der Waals surface area contributed by atoms with Crippen molar-refractivity contribution in [2.24, 2.45) is 16.6 Å². The maximum absolute atomic E-state index is 6.10. The summed E-state index contributed by atoms with van der Waals surface area (Å²) in [4.78, 5) is 4.55. The number of ether oxygens (including phenoxy) is 1. The summed E-state index contributed by atoms with van der Waals surface area (Å²) in [6.45, 7) is 0.756. The minimum absolute atomic E-state index is 0. The van der Waals surface area contributed by atoms with Gasteiger partial charge in [-0.25, -0.2) is 0 Å². The van der Waals surface area contributed by atoms with Crippen molar-refractivity contribution in [2.45, 2.75) is 51.0 Å².